The summed E-state index contributed by atoms with van der Waals surface area (Å²) in [6.07, 6.45) is 0. The average Bonchev–Trinajstić information content (AvgIpc) is 2.77. The smallest absolute Gasteiger partial charge is 0.344 e. The SMILES string of the molecule is COC(=O)c1c(N)nsc1NCc1cccc(F)c1. The van der Waals surface area contributed by atoms with Crippen LogP contribution in [0.15, 0.2) is 24.3 Å². The Bertz CT molecular complexity index is 600. The molecule has 19 heavy (non-hydrogen) atoms. The van der Waals surface area contributed by atoms with E-state index >= 15 is 0 Å². The van der Waals surface area contributed by atoms with Gasteiger partial charge in [0.25, 0.3) is 0 Å². The molecule has 1 heterocycles. The van der Waals surface area contributed by atoms with Gasteiger partial charge >= 0.3 is 5.97 Å². The van der Waals surface area contributed by atoms with Crippen LogP contribution in [-0.4, -0.2) is 17.5 Å². The third-order valence-corrected chi connectivity index (χ3v) is 3.27. The number of nitrogens with zero attached hydrogens (tertiary/aromatic N) is 1. The number of hydrogen-bond donors (Lipinski definition) is 2. The topological polar surface area (TPSA) is 77.2 Å². The van der Waals surface area contributed by atoms with E-state index in [2.05, 4.69) is 14.4 Å². The predicted molar refractivity (Wildman–Crippen MR) is 71.6 cm³/mol. The van der Waals surface area contributed by atoms with E-state index < -0.39 is 5.97 Å². The zero-order valence-corrected chi connectivity index (χ0v) is 11.0. The van der Waals surface area contributed by atoms with E-state index in [-0.39, 0.29) is 17.2 Å². The van der Waals surface area contributed by atoms with Crippen LogP contribution in [0.1, 0.15) is 15.9 Å². The normalized spacial score (nSPS) is 10.2. The van der Waals surface area contributed by atoms with Crippen molar-refractivity contribution in [1.29, 1.82) is 0 Å². The van der Waals surface area contributed by atoms with Crippen LogP contribution in [-0.2, 0) is 11.3 Å². The summed E-state index contributed by atoms with van der Waals surface area (Å²) in [6.45, 7) is 0.364. The van der Waals surface area contributed by atoms with Gasteiger partial charge in [-0.2, -0.15) is 4.37 Å². The van der Waals surface area contributed by atoms with Crippen molar-refractivity contribution in [2.45, 2.75) is 6.54 Å². The molecule has 0 aliphatic carbocycles. The quantitative estimate of drug-likeness (QED) is 0.841. The van der Waals surface area contributed by atoms with Gasteiger partial charge in [0.1, 0.15) is 16.4 Å². The van der Waals surface area contributed by atoms with Gasteiger partial charge in [0, 0.05) is 6.54 Å². The van der Waals surface area contributed by atoms with Crippen LogP contribution in [0, 0.1) is 5.82 Å². The molecule has 1 aromatic carbocycles. The second-order valence-electron chi connectivity index (χ2n) is 3.75. The van der Waals surface area contributed by atoms with Crippen molar-refractivity contribution in [1.82, 2.24) is 4.37 Å². The van der Waals surface area contributed by atoms with Crippen molar-refractivity contribution in [3.05, 3.63) is 41.2 Å². The van der Waals surface area contributed by atoms with Crippen LogP contribution in [0.4, 0.5) is 15.2 Å². The van der Waals surface area contributed by atoms with E-state index in [1.165, 1.54) is 19.2 Å². The largest absolute Gasteiger partial charge is 0.465 e. The van der Waals surface area contributed by atoms with Gasteiger partial charge < -0.3 is 15.8 Å². The highest BCUT2D eigenvalue weighted by atomic mass is 32.1. The number of aromatic nitrogens is 1. The maximum Gasteiger partial charge on any atom is 0.344 e. The first kappa shape index (κ1) is 13.3. The number of benzene rings is 1. The van der Waals surface area contributed by atoms with Gasteiger partial charge in [-0.05, 0) is 29.2 Å². The van der Waals surface area contributed by atoms with Gasteiger partial charge in [0.05, 0.1) is 7.11 Å². The standard InChI is InChI=1S/C12H12FN3O2S/c1-18-12(17)9-10(14)16-19-11(9)15-6-7-3-2-4-8(13)5-7/h2-5,15H,6H2,1H3,(H2,14,16). The molecule has 0 unspecified atom stereocenters. The third-order valence-electron chi connectivity index (χ3n) is 2.45. The fraction of sp³-hybridized carbons (Fsp3) is 0.167. The van der Waals surface area contributed by atoms with Gasteiger partial charge in [-0.1, -0.05) is 12.1 Å². The lowest BCUT2D eigenvalue weighted by Crippen LogP contribution is -2.08. The maximum absolute atomic E-state index is 13.0. The Hall–Kier alpha value is -2.15. The van der Waals surface area contributed by atoms with Crippen molar-refractivity contribution in [3.63, 3.8) is 0 Å². The zero-order chi connectivity index (χ0) is 13.8. The molecule has 2 rings (SSSR count). The molecule has 5 nitrogen and oxygen atoms in total. The summed E-state index contributed by atoms with van der Waals surface area (Å²) >= 11 is 1.06. The summed E-state index contributed by atoms with van der Waals surface area (Å²) in [5.41, 5.74) is 6.57. The Kier molecular flexibility index (Phi) is 3.96. The molecule has 0 spiro atoms. The van der Waals surface area contributed by atoms with E-state index in [4.69, 9.17) is 5.73 Å². The highest BCUT2D eigenvalue weighted by Crippen LogP contribution is 2.27. The minimum atomic E-state index is -0.548. The van der Waals surface area contributed by atoms with Crippen LogP contribution in [0.2, 0.25) is 0 Å². The molecule has 0 atom stereocenters. The predicted octanol–water partition coefficient (Wildman–Crippen LogP) is 2.26. The summed E-state index contributed by atoms with van der Waals surface area (Å²) in [4.78, 5) is 11.5. The number of nitrogens with one attached hydrogen (secondary N) is 1. The molecule has 0 saturated heterocycles. The Labute approximate surface area is 113 Å². The Morgan fingerprint density at radius 3 is 3.05 bits per heavy atom. The molecule has 2 aromatic rings. The molecule has 0 radical (unpaired) electrons. The molecule has 7 heteroatoms. The van der Waals surface area contributed by atoms with Gasteiger partial charge in [-0.3, -0.25) is 0 Å². The lowest BCUT2D eigenvalue weighted by atomic mass is 10.2. The van der Waals surface area contributed by atoms with Crippen LogP contribution < -0.4 is 11.1 Å². The molecule has 0 bridgehead atoms. The van der Waals surface area contributed by atoms with Crippen LogP contribution in [0.5, 0.6) is 0 Å². The second-order valence-corrected chi connectivity index (χ2v) is 4.52. The van der Waals surface area contributed by atoms with Crippen LogP contribution in [0.3, 0.4) is 0 Å². The fourth-order valence-corrected chi connectivity index (χ4v) is 2.25. The van der Waals surface area contributed by atoms with Gasteiger partial charge in [0.15, 0.2) is 5.82 Å². The summed E-state index contributed by atoms with van der Waals surface area (Å²) in [6, 6.07) is 6.18. The molecule has 100 valence electrons. The first-order valence-corrected chi connectivity index (χ1v) is 6.21. The maximum atomic E-state index is 13.0. The molecule has 0 fully saturated rings. The molecule has 3 N–H and O–H groups in total. The number of rotatable bonds is 4. The molecular formula is C12H12FN3O2S. The second kappa shape index (κ2) is 5.66. The molecule has 0 saturated carbocycles. The minimum Gasteiger partial charge on any atom is -0.465 e. The number of carbonyl (C=O) groups excluding carboxylic acids is 1. The third kappa shape index (κ3) is 3.00. The first-order valence-electron chi connectivity index (χ1n) is 5.43. The highest BCUT2D eigenvalue weighted by molar-refractivity contribution is 7.11. The zero-order valence-electron chi connectivity index (χ0n) is 10.1. The number of methoxy groups -OCH3 is 1. The monoisotopic (exact) mass is 281 g/mol. The molecule has 1 aromatic heterocycles. The Morgan fingerprint density at radius 2 is 2.37 bits per heavy atom. The number of nitrogens with two attached hydrogens (primary N) is 1. The number of ether oxygens (including phenoxy) is 1. The van der Waals surface area contributed by atoms with Crippen molar-refractivity contribution in [3.8, 4) is 0 Å². The van der Waals surface area contributed by atoms with E-state index in [1.54, 1.807) is 12.1 Å². The van der Waals surface area contributed by atoms with Crippen molar-refractivity contribution in [2.75, 3.05) is 18.2 Å². The Morgan fingerprint density at radius 1 is 1.58 bits per heavy atom. The Balaban J connectivity index is 2.14. The van der Waals surface area contributed by atoms with E-state index in [1.807, 2.05) is 0 Å². The lowest BCUT2D eigenvalue weighted by Gasteiger charge is -2.06. The van der Waals surface area contributed by atoms with E-state index in [0.717, 1.165) is 17.1 Å². The summed E-state index contributed by atoms with van der Waals surface area (Å²) in [5, 5.41) is 3.51. The van der Waals surface area contributed by atoms with Crippen molar-refractivity contribution >= 4 is 28.3 Å². The summed E-state index contributed by atoms with van der Waals surface area (Å²) in [7, 11) is 1.27. The highest BCUT2D eigenvalue weighted by Gasteiger charge is 2.19. The van der Waals surface area contributed by atoms with Crippen molar-refractivity contribution < 1.29 is 13.9 Å². The molecule has 0 amide bonds. The van der Waals surface area contributed by atoms with E-state index in [0.29, 0.717) is 11.5 Å². The lowest BCUT2D eigenvalue weighted by molar-refractivity contribution is 0.0603. The molecule has 0 aliphatic heterocycles. The van der Waals surface area contributed by atoms with Gasteiger partial charge in [-0.25, -0.2) is 9.18 Å². The average molecular weight is 281 g/mol. The number of carbonyl (C=O) groups is 1. The van der Waals surface area contributed by atoms with E-state index in [9.17, 15) is 9.18 Å². The van der Waals surface area contributed by atoms with Crippen LogP contribution in [0.25, 0.3) is 0 Å². The summed E-state index contributed by atoms with van der Waals surface area (Å²) in [5.74, 6) is -0.733. The van der Waals surface area contributed by atoms with Gasteiger partial charge in [-0.15, -0.1) is 0 Å². The summed E-state index contributed by atoms with van der Waals surface area (Å²) < 4.78 is 21.6. The number of anilines is 2. The fourth-order valence-electron chi connectivity index (χ4n) is 1.55. The first-order chi connectivity index (χ1) is 9.11. The number of esters is 1. The number of hydrogen-bond acceptors (Lipinski definition) is 6. The van der Waals surface area contributed by atoms with Crippen LogP contribution >= 0.6 is 11.5 Å². The molecular weight excluding hydrogens is 269 g/mol. The molecule has 0 aliphatic rings. The van der Waals surface area contributed by atoms with Gasteiger partial charge in [0.2, 0.25) is 0 Å². The van der Waals surface area contributed by atoms with Crippen molar-refractivity contribution in [2.24, 2.45) is 0 Å². The number of halogens is 1. The minimum absolute atomic E-state index is 0.124. The number of nitrogen functional groups attached to an aromatic ring is 1.